The molecule has 2 aromatic carbocycles. The Morgan fingerprint density at radius 2 is 1.81 bits per heavy atom. The average Bonchev–Trinajstić information content (AvgIpc) is 2.63. The molecule has 6 heteroatoms. The summed E-state index contributed by atoms with van der Waals surface area (Å²) in [5.41, 5.74) is 9.16. The molecule has 1 aliphatic heterocycles. The number of carboxylic acid groups (broad SMARTS) is 1. The highest BCUT2D eigenvalue weighted by Gasteiger charge is 2.21. The number of benzene rings is 2. The number of halogens is 1. The van der Waals surface area contributed by atoms with Crippen LogP contribution in [0.4, 0.5) is 5.69 Å². The van der Waals surface area contributed by atoms with E-state index in [1.807, 2.05) is 18.2 Å². The molecular formula is C20H24BrN3O2. The van der Waals surface area contributed by atoms with Crippen molar-refractivity contribution in [2.75, 3.05) is 31.1 Å². The van der Waals surface area contributed by atoms with Crippen molar-refractivity contribution >= 4 is 27.6 Å². The van der Waals surface area contributed by atoms with Gasteiger partial charge in [-0.15, -0.1) is 0 Å². The molecule has 5 nitrogen and oxygen atoms in total. The fourth-order valence-corrected chi connectivity index (χ4v) is 3.75. The first-order valence-corrected chi connectivity index (χ1v) is 9.60. The van der Waals surface area contributed by atoms with Crippen LogP contribution in [0, 0.1) is 0 Å². The van der Waals surface area contributed by atoms with Crippen LogP contribution in [-0.4, -0.2) is 48.2 Å². The van der Waals surface area contributed by atoms with Crippen molar-refractivity contribution in [1.29, 1.82) is 0 Å². The van der Waals surface area contributed by atoms with E-state index in [1.54, 1.807) is 0 Å². The average molecular weight is 418 g/mol. The highest BCUT2D eigenvalue weighted by atomic mass is 79.9. The molecule has 26 heavy (non-hydrogen) atoms. The molecule has 1 saturated heterocycles. The molecule has 1 fully saturated rings. The summed E-state index contributed by atoms with van der Waals surface area (Å²) in [5.74, 6) is -0.969. The number of rotatable bonds is 6. The van der Waals surface area contributed by atoms with Gasteiger partial charge in [0.25, 0.3) is 0 Å². The second kappa shape index (κ2) is 8.66. The largest absolute Gasteiger partial charge is 0.480 e. The Bertz CT molecular complexity index is 746. The quantitative estimate of drug-likeness (QED) is 0.755. The second-order valence-electron chi connectivity index (χ2n) is 6.67. The molecule has 1 unspecified atom stereocenters. The summed E-state index contributed by atoms with van der Waals surface area (Å²) in [6, 6.07) is 15.7. The van der Waals surface area contributed by atoms with E-state index in [2.05, 4.69) is 56.1 Å². The van der Waals surface area contributed by atoms with E-state index in [0.29, 0.717) is 6.42 Å². The van der Waals surface area contributed by atoms with E-state index in [4.69, 9.17) is 10.8 Å². The van der Waals surface area contributed by atoms with E-state index >= 15 is 0 Å². The van der Waals surface area contributed by atoms with Crippen LogP contribution in [0.2, 0.25) is 0 Å². The first kappa shape index (κ1) is 18.9. The van der Waals surface area contributed by atoms with Gasteiger partial charge in [0, 0.05) is 49.3 Å². The highest BCUT2D eigenvalue weighted by molar-refractivity contribution is 9.10. The Morgan fingerprint density at radius 1 is 1.12 bits per heavy atom. The molecule has 0 aliphatic carbocycles. The van der Waals surface area contributed by atoms with Crippen LogP contribution in [0.25, 0.3) is 0 Å². The predicted octanol–water partition coefficient (Wildman–Crippen LogP) is 2.73. The lowest BCUT2D eigenvalue weighted by molar-refractivity contribution is -0.138. The van der Waals surface area contributed by atoms with E-state index < -0.39 is 12.0 Å². The van der Waals surface area contributed by atoms with Crippen molar-refractivity contribution in [3.05, 3.63) is 64.1 Å². The fraction of sp³-hybridized carbons (Fsp3) is 0.350. The zero-order valence-corrected chi connectivity index (χ0v) is 16.2. The van der Waals surface area contributed by atoms with Crippen molar-refractivity contribution in [2.45, 2.75) is 19.0 Å². The molecule has 0 amide bonds. The van der Waals surface area contributed by atoms with Gasteiger partial charge in [0.15, 0.2) is 0 Å². The van der Waals surface area contributed by atoms with Gasteiger partial charge in [-0.3, -0.25) is 9.69 Å². The molecule has 3 rings (SSSR count). The predicted molar refractivity (Wildman–Crippen MR) is 107 cm³/mol. The maximum atomic E-state index is 11.1. The molecule has 1 atom stereocenters. The summed E-state index contributed by atoms with van der Waals surface area (Å²) in [4.78, 5) is 15.9. The summed E-state index contributed by atoms with van der Waals surface area (Å²) < 4.78 is 0.941. The Balaban J connectivity index is 1.66. The first-order valence-electron chi connectivity index (χ1n) is 8.81. The maximum Gasteiger partial charge on any atom is 0.320 e. The van der Waals surface area contributed by atoms with Gasteiger partial charge in [-0.25, -0.2) is 0 Å². The molecule has 0 bridgehead atoms. The third-order valence-corrected chi connectivity index (χ3v) is 5.25. The molecule has 0 saturated carbocycles. The smallest absolute Gasteiger partial charge is 0.320 e. The first-order chi connectivity index (χ1) is 12.5. The molecule has 3 N–H and O–H groups in total. The van der Waals surface area contributed by atoms with Crippen LogP contribution in [-0.2, 0) is 17.8 Å². The molecule has 1 heterocycles. The van der Waals surface area contributed by atoms with Crippen LogP contribution < -0.4 is 10.6 Å². The minimum absolute atomic E-state index is 0.328. The monoisotopic (exact) mass is 417 g/mol. The van der Waals surface area contributed by atoms with Crippen LogP contribution in [0.1, 0.15) is 11.1 Å². The normalized spacial score (nSPS) is 16.5. The SMILES string of the molecule is NC(Cc1cc(Br)ccc1N1CCN(Cc2ccccc2)CC1)C(=O)O. The number of nitrogens with two attached hydrogens (primary N) is 1. The second-order valence-corrected chi connectivity index (χ2v) is 7.59. The zero-order valence-electron chi connectivity index (χ0n) is 14.6. The minimum Gasteiger partial charge on any atom is -0.480 e. The summed E-state index contributed by atoms with van der Waals surface area (Å²) in [6.07, 6.45) is 0.328. The van der Waals surface area contributed by atoms with Crippen molar-refractivity contribution in [3.63, 3.8) is 0 Å². The number of nitrogens with zero attached hydrogens (tertiary/aromatic N) is 2. The van der Waals surface area contributed by atoms with Gasteiger partial charge in [-0.2, -0.15) is 0 Å². The van der Waals surface area contributed by atoms with E-state index in [9.17, 15) is 4.79 Å². The highest BCUT2D eigenvalue weighted by Crippen LogP contribution is 2.27. The number of carboxylic acids is 1. The van der Waals surface area contributed by atoms with Crippen LogP contribution in [0.3, 0.4) is 0 Å². The Morgan fingerprint density at radius 3 is 2.46 bits per heavy atom. The fourth-order valence-electron chi connectivity index (χ4n) is 3.34. The van der Waals surface area contributed by atoms with Crippen LogP contribution >= 0.6 is 15.9 Å². The number of piperazine rings is 1. The van der Waals surface area contributed by atoms with Gasteiger partial charge in [-0.05, 0) is 29.3 Å². The number of anilines is 1. The van der Waals surface area contributed by atoms with Crippen molar-refractivity contribution in [2.24, 2.45) is 5.73 Å². The van der Waals surface area contributed by atoms with Gasteiger partial charge in [0.05, 0.1) is 0 Å². The lowest BCUT2D eigenvalue weighted by Crippen LogP contribution is -2.46. The summed E-state index contributed by atoms with van der Waals surface area (Å²) in [7, 11) is 0. The molecule has 1 aliphatic rings. The third kappa shape index (κ3) is 4.84. The standard InChI is InChI=1S/C20H24BrN3O2/c21-17-6-7-19(16(12-17)13-18(22)20(25)26)24-10-8-23(9-11-24)14-15-4-2-1-3-5-15/h1-7,12,18H,8-11,13-14,22H2,(H,25,26). The molecule has 0 radical (unpaired) electrons. The summed E-state index contributed by atoms with van der Waals surface area (Å²) in [5, 5.41) is 9.13. The number of hydrogen-bond acceptors (Lipinski definition) is 4. The summed E-state index contributed by atoms with van der Waals surface area (Å²) in [6.45, 7) is 4.77. The topological polar surface area (TPSA) is 69.8 Å². The number of hydrogen-bond donors (Lipinski definition) is 2. The van der Waals surface area contributed by atoms with Gasteiger partial charge < -0.3 is 15.7 Å². The van der Waals surface area contributed by atoms with Crippen molar-refractivity contribution < 1.29 is 9.90 Å². The Labute approximate surface area is 162 Å². The number of aliphatic carboxylic acids is 1. The summed E-state index contributed by atoms with van der Waals surface area (Å²) >= 11 is 3.48. The Kier molecular flexibility index (Phi) is 6.29. The van der Waals surface area contributed by atoms with E-state index in [-0.39, 0.29) is 0 Å². The Hall–Kier alpha value is -1.89. The molecule has 138 valence electrons. The lowest BCUT2D eigenvalue weighted by atomic mass is 10.0. The molecule has 0 aromatic heterocycles. The molecule has 2 aromatic rings. The van der Waals surface area contributed by atoms with Crippen molar-refractivity contribution in [1.82, 2.24) is 4.90 Å². The number of carbonyl (C=O) groups is 1. The maximum absolute atomic E-state index is 11.1. The van der Waals surface area contributed by atoms with Gasteiger partial charge in [0.1, 0.15) is 6.04 Å². The lowest BCUT2D eigenvalue weighted by Gasteiger charge is -2.37. The minimum atomic E-state index is -0.969. The molecule has 0 spiro atoms. The zero-order chi connectivity index (χ0) is 18.5. The van der Waals surface area contributed by atoms with Crippen LogP contribution in [0.15, 0.2) is 53.0 Å². The van der Waals surface area contributed by atoms with Gasteiger partial charge in [0.2, 0.25) is 0 Å². The third-order valence-electron chi connectivity index (χ3n) is 4.76. The van der Waals surface area contributed by atoms with Crippen molar-refractivity contribution in [3.8, 4) is 0 Å². The van der Waals surface area contributed by atoms with Gasteiger partial charge in [-0.1, -0.05) is 46.3 Å². The van der Waals surface area contributed by atoms with E-state index in [0.717, 1.165) is 48.4 Å². The van der Waals surface area contributed by atoms with Crippen LogP contribution in [0.5, 0.6) is 0 Å². The van der Waals surface area contributed by atoms with E-state index in [1.165, 1.54) is 5.56 Å². The molecular weight excluding hydrogens is 394 g/mol. The van der Waals surface area contributed by atoms with Gasteiger partial charge >= 0.3 is 5.97 Å².